The highest BCUT2D eigenvalue weighted by Crippen LogP contribution is 2.37. The van der Waals surface area contributed by atoms with Crippen LogP contribution in [0, 0.1) is 10.1 Å². The SMILES string of the molecule is O=[N+]([O-])c1ccc(COc2ccc([C@@H]3NN=C(c4ccccc4)S3)cc2Br)cc1. The summed E-state index contributed by atoms with van der Waals surface area (Å²) in [6.07, 6.45) is 0. The molecule has 0 unspecified atom stereocenters. The summed E-state index contributed by atoms with van der Waals surface area (Å²) < 4.78 is 6.70. The zero-order valence-corrected chi connectivity index (χ0v) is 17.5. The number of benzene rings is 3. The fraction of sp³-hybridized carbons (Fsp3) is 0.0952. The maximum Gasteiger partial charge on any atom is 0.269 e. The number of nitrogens with one attached hydrogen (secondary N) is 1. The Morgan fingerprint density at radius 1 is 1.10 bits per heavy atom. The van der Waals surface area contributed by atoms with Crippen LogP contribution in [0.1, 0.15) is 22.1 Å². The number of halogens is 1. The third-order valence-electron chi connectivity index (χ3n) is 4.33. The summed E-state index contributed by atoms with van der Waals surface area (Å²) in [5, 5.41) is 16.2. The van der Waals surface area contributed by atoms with E-state index in [0.29, 0.717) is 12.4 Å². The standard InChI is InChI=1S/C21H16BrN3O3S/c22-18-12-16(21-24-23-20(29-21)15-4-2-1-3-5-15)8-11-19(18)28-13-14-6-9-17(10-7-14)25(26)27/h1-12,21,24H,13H2/t21-/m1/s1. The molecule has 146 valence electrons. The maximum absolute atomic E-state index is 10.7. The molecular weight excluding hydrogens is 454 g/mol. The second-order valence-corrected chi connectivity index (χ2v) is 8.26. The van der Waals surface area contributed by atoms with Gasteiger partial charge in [-0.15, -0.1) is 0 Å². The summed E-state index contributed by atoms with van der Waals surface area (Å²) >= 11 is 5.24. The van der Waals surface area contributed by atoms with Gasteiger partial charge in [0.2, 0.25) is 0 Å². The third kappa shape index (κ3) is 4.60. The van der Waals surface area contributed by atoms with E-state index in [0.717, 1.165) is 26.2 Å². The Hall–Kier alpha value is -2.84. The highest BCUT2D eigenvalue weighted by atomic mass is 79.9. The summed E-state index contributed by atoms with van der Waals surface area (Å²) in [4.78, 5) is 10.3. The van der Waals surface area contributed by atoms with Gasteiger partial charge < -0.3 is 4.74 Å². The lowest BCUT2D eigenvalue weighted by Gasteiger charge is -2.13. The van der Waals surface area contributed by atoms with Crippen LogP contribution in [0.3, 0.4) is 0 Å². The molecule has 1 heterocycles. The second kappa shape index (κ2) is 8.67. The van der Waals surface area contributed by atoms with Crippen molar-refractivity contribution in [3.63, 3.8) is 0 Å². The summed E-state index contributed by atoms with van der Waals surface area (Å²) in [5.74, 6) is 0.708. The minimum atomic E-state index is -0.415. The first kappa shape index (κ1) is 19.5. The lowest BCUT2D eigenvalue weighted by atomic mass is 10.2. The van der Waals surface area contributed by atoms with Crippen LogP contribution >= 0.6 is 27.7 Å². The molecule has 3 aromatic carbocycles. The molecule has 3 aromatic rings. The van der Waals surface area contributed by atoms with Gasteiger partial charge in [0.1, 0.15) is 22.8 Å². The minimum absolute atomic E-state index is 0.0326. The summed E-state index contributed by atoms with van der Waals surface area (Å²) in [7, 11) is 0. The fourth-order valence-corrected chi connectivity index (χ4v) is 4.31. The van der Waals surface area contributed by atoms with Crippen molar-refractivity contribution in [3.8, 4) is 5.75 Å². The minimum Gasteiger partial charge on any atom is -0.488 e. The molecule has 0 spiro atoms. The number of nitro groups is 1. The van der Waals surface area contributed by atoms with Crippen LogP contribution in [0.15, 0.2) is 82.4 Å². The monoisotopic (exact) mass is 469 g/mol. The van der Waals surface area contributed by atoms with Crippen LogP contribution < -0.4 is 10.2 Å². The van der Waals surface area contributed by atoms with Crippen molar-refractivity contribution in [2.75, 3.05) is 0 Å². The molecule has 1 atom stereocenters. The van der Waals surface area contributed by atoms with Crippen molar-refractivity contribution in [1.29, 1.82) is 0 Å². The van der Waals surface area contributed by atoms with E-state index in [-0.39, 0.29) is 11.1 Å². The topological polar surface area (TPSA) is 76.8 Å². The molecule has 0 radical (unpaired) electrons. The number of thioether (sulfide) groups is 1. The van der Waals surface area contributed by atoms with Gasteiger partial charge >= 0.3 is 0 Å². The van der Waals surface area contributed by atoms with Gasteiger partial charge in [-0.05, 0) is 51.3 Å². The quantitative estimate of drug-likeness (QED) is 0.373. The molecule has 1 aliphatic heterocycles. The Balaban J connectivity index is 1.39. The van der Waals surface area contributed by atoms with Crippen LogP contribution in [0.5, 0.6) is 5.75 Å². The summed E-state index contributed by atoms with van der Waals surface area (Å²) in [6.45, 7) is 0.327. The lowest BCUT2D eigenvalue weighted by Crippen LogP contribution is -2.06. The largest absolute Gasteiger partial charge is 0.488 e. The second-order valence-electron chi connectivity index (χ2n) is 6.31. The van der Waals surface area contributed by atoms with Crippen molar-refractivity contribution in [1.82, 2.24) is 5.43 Å². The molecule has 29 heavy (non-hydrogen) atoms. The van der Waals surface area contributed by atoms with E-state index in [1.807, 2.05) is 48.5 Å². The Kier molecular flexibility index (Phi) is 5.82. The Morgan fingerprint density at radius 2 is 1.86 bits per heavy atom. The van der Waals surface area contributed by atoms with Gasteiger partial charge in [0.25, 0.3) is 5.69 Å². The normalized spacial score (nSPS) is 15.5. The van der Waals surface area contributed by atoms with Gasteiger partial charge in [-0.1, -0.05) is 48.2 Å². The van der Waals surface area contributed by atoms with E-state index in [2.05, 4.69) is 26.5 Å². The van der Waals surface area contributed by atoms with Gasteiger partial charge in [0.05, 0.1) is 9.40 Å². The predicted octanol–water partition coefficient (Wildman–Crippen LogP) is 5.63. The Morgan fingerprint density at radius 3 is 2.55 bits per heavy atom. The van der Waals surface area contributed by atoms with Crippen LogP contribution in [-0.4, -0.2) is 9.97 Å². The van der Waals surface area contributed by atoms with Gasteiger partial charge in [-0.3, -0.25) is 15.5 Å². The number of hydrogen-bond acceptors (Lipinski definition) is 6. The molecule has 0 saturated heterocycles. The first-order valence-corrected chi connectivity index (χ1v) is 10.5. The number of non-ortho nitro benzene ring substituents is 1. The van der Waals surface area contributed by atoms with Crippen LogP contribution in [0.25, 0.3) is 0 Å². The molecule has 1 aliphatic rings. The first-order chi connectivity index (χ1) is 14.1. The third-order valence-corrected chi connectivity index (χ3v) is 6.12. The molecule has 4 rings (SSSR count). The van der Waals surface area contributed by atoms with Crippen molar-refractivity contribution < 1.29 is 9.66 Å². The smallest absolute Gasteiger partial charge is 0.269 e. The van der Waals surface area contributed by atoms with Crippen molar-refractivity contribution >= 4 is 38.4 Å². The fourth-order valence-electron chi connectivity index (χ4n) is 2.81. The summed E-state index contributed by atoms with van der Waals surface area (Å²) in [6, 6.07) is 22.3. The van der Waals surface area contributed by atoms with Crippen molar-refractivity contribution in [3.05, 3.63) is 104 Å². The van der Waals surface area contributed by atoms with Crippen molar-refractivity contribution in [2.45, 2.75) is 12.0 Å². The molecule has 0 aromatic heterocycles. The van der Waals surface area contributed by atoms with Gasteiger partial charge in [-0.25, -0.2) is 0 Å². The molecule has 0 aliphatic carbocycles. The zero-order valence-electron chi connectivity index (χ0n) is 15.1. The van der Waals surface area contributed by atoms with Crippen LogP contribution in [0.2, 0.25) is 0 Å². The molecule has 6 nitrogen and oxygen atoms in total. The molecule has 1 N–H and O–H groups in total. The molecule has 0 amide bonds. The van der Waals surface area contributed by atoms with E-state index >= 15 is 0 Å². The maximum atomic E-state index is 10.7. The lowest BCUT2D eigenvalue weighted by molar-refractivity contribution is -0.384. The van der Waals surface area contributed by atoms with Gasteiger partial charge in [0, 0.05) is 17.7 Å². The number of nitro benzene ring substituents is 1. The number of rotatable bonds is 6. The number of ether oxygens (including phenoxy) is 1. The molecule has 0 saturated carbocycles. The Labute approximate surface area is 180 Å². The van der Waals surface area contributed by atoms with Gasteiger partial charge in [-0.2, -0.15) is 5.10 Å². The van der Waals surface area contributed by atoms with Crippen LogP contribution in [0.4, 0.5) is 5.69 Å². The van der Waals surface area contributed by atoms with Crippen LogP contribution in [-0.2, 0) is 6.61 Å². The Bertz CT molecular complexity index is 1060. The van der Waals surface area contributed by atoms with E-state index in [9.17, 15) is 10.1 Å². The van der Waals surface area contributed by atoms with Crippen molar-refractivity contribution in [2.24, 2.45) is 5.10 Å². The molecule has 8 heteroatoms. The highest BCUT2D eigenvalue weighted by molar-refractivity contribution is 9.10. The number of nitrogens with zero attached hydrogens (tertiary/aromatic N) is 2. The average Bonchev–Trinajstić information content (AvgIpc) is 3.24. The predicted molar refractivity (Wildman–Crippen MR) is 118 cm³/mol. The summed E-state index contributed by atoms with van der Waals surface area (Å²) in [5.41, 5.74) is 6.28. The highest BCUT2D eigenvalue weighted by Gasteiger charge is 2.22. The van der Waals surface area contributed by atoms with E-state index < -0.39 is 4.92 Å². The van der Waals surface area contributed by atoms with E-state index in [4.69, 9.17) is 4.74 Å². The van der Waals surface area contributed by atoms with Gasteiger partial charge in [0.15, 0.2) is 0 Å². The molecule has 0 fully saturated rings. The van der Waals surface area contributed by atoms with E-state index in [1.165, 1.54) is 12.1 Å². The number of hydrogen-bond donors (Lipinski definition) is 1. The average molecular weight is 470 g/mol. The number of hydrazone groups is 1. The van der Waals surface area contributed by atoms with E-state index in [1.54, 1.807) is 23.9 Å². The zero-order chi connectivity index (χ0) is 20.2. The molecular formula is C21H16BrN3O3S. The first-order valence-electron chi connectivity index (χ1n) is 8.81. The molecule has 0 bridgehead atoms.